The van der Waals surface area contributed by atoms with Crippen molar-refractivity contribution in [2.24, 2.45) is 0 Å². The summed E-state index contributed by atoms with van der Waals surface area (Å²) in [7, 11) is 0.549. The number of hydrogen-bond donors (Lipinski definition) is 1. The second-order valence-corrected chi connectivity index (χ2v) is 8.03. The van der Waals surface area contributed by atoms with E-state index in [0.29, 0.717) is 0 Å². The predicted molar refractivity (Wildman–Crippen MR) is 31.1 cm³/mol. The van der Waals surface area contributed by atoms with Crippen molar-refractivity contribution in [3.63, 3.8) is 0 Å². The zero-order chi connectivity index (χ0) is 4.50. The van der Waals surface area contributed by atoms with E-state index in [1.165, 1.54) is 0 Å². The van der Waals surface area contributed by atoms with Crippen molar-refractivity contribution in [3.05, 3.63) is 0 Å². The van der Waals surface area contributed by atoms with Gasteiger partial charge < -0.3 is 0 Å². The molecule has 34 valence electrons. The second kappa shape index (κ2) is 1.36. The monoisotopic (exact) mass is 112 g/mol. The normalized spacial score (nSPS) is 15.0. The lowest BCUT2D eigenvalue weighted by molar-refractivity contribution is 0.688. The Hall–Kier alpha value is 0.580. The van der Waals surface area contributed by atoms with Crippen LogP contribution in [-0.2, 0) is 9.55 Å². The number of rotatable bonds is 0. The van der Waals surface area contributed by atoms with E-state index in [0.717, 1.165) is 0 Å². The minimum Gasteiger partial charge on any atom is -0.282 e. The fourth-order valence-corrected chi connectivity index (χ4v) is 0. The van der Waals surface area contributed by atoms with Crippen LogP contribution < -0.4 is 0 Å². The van der Waals surface area contributed by atoms with E-state index in [-0.39, 0.29) is 0 Å². The molecule has 0 saturated carbocycles. The van der Waals surface area contributed by atoms with Gasteiger partial charge in [0.2, 0.25) is 0 Å². The first-order valence-electron chi connectivity index (χ1n) is 1.34. The van der Waals surface area contributed by atoms with Crippen LogP contribution in [0.1, 0.15) is 0 Å². The lowest BCUT2D eigenvalue weighted by Gasteiger charge is -1.95. The average Bonchev–Trinajstić information content (AvgIpc) is 0.722. The van der Waals surface area contributed by atoms with E-state index in [2.05, 4.69) is 8.44 Å². The van der Waals surface area contributed by atoms with Gasteiger partial charge >= 0.3 is 0 Å². The van der Waals surface area contributed by atoms with E-state index < -0.39 is 9.55 Å². The van der Waals surface area contributed by atoms with Gasteiger partial charge in [-0.15, -0.1) is 0 Å². The van der Waals surface area contributed by atoms with E-state index >= 15 is 0 Å². The third-order valence-electron chi connectivity index (χ3n) is 0. The SMILES string of the molecule is C[SH](C)(=O)P. The van der Waals surface area contributed by atoms with Crippen molar-refractivity contribution in [3.8, 4) is 0 Å². The van der Waals surface area contributed by atoms with Crippen LogP contribution in [-0.4, -0.2) is 16.7 Å². The molecule has 1 nitrogen and oxygen atoms in total. The first-order valence-corrected chi connectivity index (χ1v) is 5.55. The van der Waals surface area contributed by atoms with Crippen LogP contribution in [0.4, 0.5) is 0 Å². The van der Waals surface area contributed by atoms with Crippen molar-refractivity contribution in [2.75, 3.05) is 12.5 Å². The summed E-state index contributed by atoms with van der Waals surface area (Å²) in [4.78, 5) is 0. The maximum absolute atomic E-state index is 10.2. The molecule has 0 saturated heterocycles. The number of hydrogen-bond acceptors (Lipinski definition) is 1. The van der Waals surface area contributed by atoms with Gasteiger partial charge in [0.15, 0.2) is 0 Å². The molecule has 0 N–H and O–H groups in total. The molecule has 1 atom stereocenters. The summed E-state index contributed by atoms with van der Waals surface area (Å²) in [5.74, 6) is 0. The van der Waals surface area contributed by atoms with Crippen molar-refractivity contribution in [2.45, 2.75) is 0 Å². The molecule has 0 fully saturated rings. The van der Waals surface area contributed by atoms with Crippen LogP contribution in [0, 0.1) is 0 Å². The smallest absolute Gasteiger partial charge is 0.00770 e. The Morgan fingerprint density at radius 2 is 1.60 bits per heavy atom. The van der Waals surface area contributed by atoms with E-state index in [1.54, 1.807) is 12.5 Å². The number of thiol groups is 1. The Balaban J connectivity index is 3.47. The Morgan fingerprint density at radius 1 is 1.60 bits per heavy atom. The van der Waals surface area contributed by atoms with Gasteiger partial charge in [0.25, 0.3) is 0 Å². The van der Waals surface area contributed by atoms with Gasteiger partial charge in [-0.2, -0.15) is 0 Å². The molecule has 0 aliphatic heterocycles. The van der Waals surface area contributed by atoms with Gasteiger partial charge in [0, 0.05) is 0 Å². The van der Waals surface area contributed by atoms with Crippen LogP contribution in [0.3, 0.4) is 0 Å². The zero-order valence-electron chi connectivity index (χ0n) is 3.43. The molecule has 0 rings (SSSR count). The van der Waals surface area contributed by atoms with Gasteiger partial charge in [0.1, 0.15) is 0 Å². The highest BCUT2D eigenvalue weighted by molar-refractivity contribution is 8.44. The molecule has 0 spiro atoms. The van der Waals surface area contributed by atoms with Gasteiger partial charge in [0.05, 0.1) is 0 Å². The first kappa shape index (κ1) is 5.58. The third-order valence-corrected chi connectivity index (χ3v) is 0. The van der Waals surface area contributed by atoms with Crippen molar-refractivity contribution < 1.29 is 4.21 Å². The summed E-state index contributed by atoms with van der Waals surface area (Å²) in [6.07, 6.45) is 3.41. The average molecular weight is 112 g/mol. The molecule has 0 aromatic rings. The fraction of sp³-hybridized carbons (Fsp3) is 1.00. The molecule has 0 aliphatic rings. The predicted octanol–water partition coefficient (Wildman–Crippen LogP) is 0.0528. The molecule has 0 aliphatic carbocycles. The first-order chi connectivity index (χ1) is 2.00. The van der Waals surface area contributed by atoms with Gasteiger partial charge in [-0.05, 0) is 12.5 Å². The second-order valence-electron chi connectivity index (χ2n) is 1.43. The summed E-state index contributed by atoms with van der Waals surface area (Å²) in [5.41, 5.74) is 0. The molecule has 5 heavy (non-hydrogen) atoms. The van der Waals surface area contributed by atoms with Crippen LogP contribution in [0.5, 0.6) is 0 Å². The lowest BCUT2D eigenvalue weighted by Crippen LogP contribution is -1.88. The highest BCUT2D eigenvalue weighted by atomic mass is 32.8. The summed E-state index contributed by atoms with van der Waals surface area (Å²) in [6.45, 7) is 0. The Morgan fingerprint density at radius 3 is 1.60 bits per heavy atom. The molecule has 3 heteroatoms. The van der Waals surface area contributed by atoms with Gasteiger partial charge in [-0.3, -0.25) is 4.21 Å². The van der Waals surface area contributed by atoms with E-state index in [4.69, 9.17) is 0 Å². The maximum atomic E-state index is 10.2. The minimum absolute atomic E-state index is 1.71. The Bertz CT molecular complexity index is 55.8. The van der Waals surface area contributed by atoms with Crippen LogP contribution in [0.25, 0.3) is 0 Å². The highest BCUT2D eigenvalue weighted by Gasteiger charge is 1.79. The van der Waals surface area contributed by atoms with Gasteiger partial charge in [-0.1, -0.05) is 18.0 Å². The summed E-state index contributed by atoms with van der Waals surface area (Å²) < 4.78 is 10.2. The summed E-state index contributed by atoms with van der Waals surface area (Å²) in [6, 6.07) is 0. The summed E-state index contributed by atoms with van der Waals surface area (Å²) in [5, 5.41) is 0. The quantitative estimate of drug-likeness (QED) is 0.346. The van der Waals surface area contributed by atoms with Crippen LogP contribution >= 0.6 is 8.44 Å². The highest BCUT2D eigenvalue weighted by Crippen LogP contribution is 2.00. The standard InChI is InChI=1S/C2H9OPS/c1-5(2,3)4/h5H,4H2,1-2H3. The zero-order valence-corrected chi connectivity index (χ0v) is 5.48. The van der Waals surface area contributed by atoms with E-state index in [1.807, 2.05) is 0 Å². The summed E-state index contributed by atoms with van der Waals surface area (Å²) >= 11 is 0. The molecular formula is C2H9OPS. The van der Waals surface area contributed by atoms with Crippen LogP contribution in [0.2, 0.25) is 0 Å². The maximum Gasteiger partial charge on any atom is -0.00770 e. The van der Waals surface area contributed by atoms with Crippen LogP contribution in [0.15, 0.2) is 0 Å². The molecular weight excluding hydrogens is 103 g/mol. The topological polar surface area (TPSA) is 17.1 Å². The third kappa shape index (κ3) is 90.6. The lowest BCUT2D eigenvalue weighted by atomic mass is 11.9. The van der Waals surface area contributed by atoms with Gasteiger partial charge in [-0.25, -0.2) is 0 Å². The van der Waals surface area contributed by atoms with Crippen molar-refractivity contribution in [1.29, 1.82) is 0 Å². The molecule has 0 bridgehead atoms. The minimum atomic E-state index is -1.72. The molecule has 1 unspecified atom stereocenters. The Kier molecular flexibility index (Phi) is 1.51. The molecule has 0 heterocycles. The van der Waals surface area contributed by atoms with E-state index in [9.17, 15) is 4.21 Å². The molecule has 0 radical (unpaired) electrons. The molecule has 0 aromatic heterocycles. The van der Waals surface area contributed by atoms with Crippen molar-refractivity contribution >= 4 is 18.0 Å². The Labute approximate surface area is 35.5 Å². The molecule has 0 aromatic carbocycles. The fourth-order valence-electron chi connectivity index (χ4n) is 0. The molecule has 0 amide bonds. The largest absolute Gasteiger partial charge is 0.282 e. The van der Waals surface area contributed by atoms with Crippen molar-refractivity contribution in [1.82, 2.24) is 0 Å².